The molecule has 0 aromatic heterocycles. The normalized spacial score (nSPS) is 24.4. The first-order chi connectivity index (χ1) is 12.5. The highest BCUT2D eigenvalue weighted by Crippen LogP contribution is 2.47. The van der Waals surface area contributed by atoms with Crippen LogP contribution in [-0.4, -0.2) is 53.8 Å². The van der Waals surface area contributed by atoms with Gasteiger partial charge in [0, 0.05) is 18.8 Å². The Labute approximate surface area is 157 Å². The van der Waals surface area contributed by atoms with Crippen molar-refractivity contribution in [2.45, 2.75) is 24.7 Å². The number of carbonyl (C=O) groups excluding carboxylic acids is 3. The molecule has 0 unspecified atom stereocenters. The van der Waals surface area contributed by atoms with Gasteiger partial charge < -0.3 is 15.5 Å². The van der Waals surface area contributed by atoms with Crippen LogP contribution in [0.1, 0.15) is 24.8 Å². The maximum absolute atomic E-state index is 13.2. The fourth-order valence-electron chi connectivity index (χ4n) is 4.02. The molecule has 1 atom stereocenters. The number of carbonyl (C=O) groups is 3. The zero-order chi connectivity index (χ0) is 18.3. The number of fused-ring (bicyclic) bond motifs is 2. The summed E-state index contributed by atoms with van der Waals surface area (Å²) in [6.07, 6.45) is 3.17. The van der Waals surface area contributed by atoms with E-state index in [9.17, 15) is 14.4 Å². The van der Waals surface area contributed by atoms with Crippen molar-refractivity contribution in [2.75, 3.05) is 36.0 Å². The summed E-state index contributed by atoms with van der Waals surface area (Å²) in [5.41, 5.74) is 6.26. The van der Waals surface area contributed by atoms with Crippen molar-refractivity contribution in [1.29, 1.82) is 0 Å². The predicted octanol–water partition coefficient (Wildman–Crippen LogP) is 1.13. The van der Waals surface area contributed by atoms with E-state index in [1.54, 1.807) is 11.8 Å². The van der Waals surface area contributed by atoms with Crippen LogP contribution in [0.2, 0.25) is 0 Å². The molecule has 0 radical (unpaired) electrons. The molecule has 6 nitrogen and oxygen atoms in total. The summed E-state index contributed by atoms with van der Waals surface area (Å²) in [6.45, 7) is 0.844. The molecule has 26 heavy (non-hydrogen) atoms. The molecule has 2 heterocycles. The lowest BCUT2D eigenvalue weighted by molar-refractivity contribution is -0.128. The third-order valence-electron chi connectivity index (χ3n) is 5.58. The van der Waals surface area contributed by atoms with Gasteiger partial charge in [-0.25, -0.2) is 0 Å². The number of likely N-dealkylation sites (tertiary alicyclic amines) is 1. The van der Waals surface area contributed by atoms with E-state index < -0.39 is 11.3 Å². The molecule has 2 fully saturated rings. The summed E-state index contributed by atoms with van der Waals surface area (Å²) >= 11 is 1.70. The standard InChI is InChI=1S/C19H23N3O3S/c20-16(23)9-22-15-4-2-1-3-14(15)19(18(22)25)7-8-21(12-19)17(24)11-26-10-13-5-6-13/h1-4,13H,5-12H2,(H2,20,23)/t19-/m0/s1. The van der Waals surface area contributed by atoms with Gasteiger partial charge in [0.05, 0.1) is 11.2 Å². The van der Waals surface area contributed by atoms with Crippen LogP contribution in [0, 0.1) is 5.92 Å². The molecule has 2 aliphatic heterocycles. The lowest BCUT2D eigenvalue weighted by Gasteiger charge is -2.24. The maximum atomic E-state index is 13.2. The van der Waals surface area contributed by atoms with Crippen LogP contribution >= 0.6 is 11.8 Å². The second-order valence-electron chi connectivity index (χ2n) is 7.48. The number of primary amides is 1. The summed E-state index contributed by atoms with van der Waals surface area (Å²) in [6, 6.07) is 7.54. The fourth-order valence-corrected chi connectivity index (χ4v) is 5.16. The number of nitrogens with two attached hydrogens (primary N) is 1. The van der Waals surface area contributed by atoms with Crippen molar-refractivity contribution in [2.24, 2.45) is 11.7 Å². The first kappa shape index (κ1) is 17.4. The molecule has 4 rings (SSSR count). The van der Waals surface area contributed by atoms with Crippen molar-refractivity contribution < 1.29 is 14.4 Å². The average molecular weight is 373 g/mol. The van der Waals surface area contributed by atoms with E-state index in [4.69, 9.17) is 5.73 Å². The quantitative estimate of drug-likeness (QED) is 0.810. The van der Waals surface area contributed by atoms with Crippen molar-refractivity contribution in [1.82, 2.24) is 4.90 Å². The fraction of sp³-hybridized carbons (Fsp3) is 0.526. The van der Waals surface area contributed by atoms with Gasteiger partial charge in [-0.05, 0) is 42.6 Å². The SMILES string of the molecule is NC(=O)CN1C(=O)[C@]2(CCN(C(=O)CSCC3CC3)C2)c2ccccc21. The average Bonchev–Trinajstić information content (AvgIpc) is 3.29. The highest BCUT2D eigenvalue weighted by atomic mass is 32.2. The molecule has 7 heteroatoms. The van der Waals surface area contributed by atoms with E-state index in [0.717, 1.165) is 22.9 Å². The zero-order valence-electron chi connectivity index (χ0n) is 14.6. The number of hydrogen-bond donors (Lipinski definition) is 1. The Bertz CT molecular complexity index is 764. The number of rotatable bonds is 6. The van der Waals surface area contributed by atoms with Gasteiger partial charge in [0.2, 0.25) is 17.7 Å². The van der Waals surface area contributed by atoms with Crippen molar-refractivity contribution >= 4 is 35.2 Å². The van der Waals surface area contributed by atoms with Gasteiger partial charge in [0.1, 0.15) is 6.54 Å². The summed E-state index contributed by atoms with van der Waals surface area (Å²) in [5.74, 6) is 1.78. The second kappa shape index (κ2) is 6.61. The van der Waals surface area contributed by atoms with Crippen LogP contribution < -0.4 is 10.6 Å². The predicted molar refractivity (Wildman–Crippen MR) is 101 cm³/mol. The molecule has 1 saturated carbocycles. The third-order valence-corrected chi connectivity index (χ3v) is 6.74. The number of para-hydroxylation sites is 1. The number of amides is 3. The van der Waals surface area contributed by atoms with Crippen LogP contribution in [0.15, 0.2) is 24.3 Å². The van der Waals surface area contributed by atoms with Crippen molar-refractivity contribution in [3.8, 4) is 0 Å². The highest BCUT2D eigenvalue weighted by Gasteiger charge is 2.55. The van der Waals surface area contributed by atoms with Crippen LogP contribution in [0.4, 0.5) is 5.69 Å². The minimum Gasteiger partial charge on any atom is -0.368 e. The molecule has 138 valence electrons. The molecule has 1 aliphatic carbocycles. The molecular weight excluding hydrogens is 350 g/mol. The van der Waals surface area contributed by atoms with Crippen LogP contribution in [0.25, 0.3) is 0 Å². The van der Waals surface area contributed by atoms with Gasteiger partial charge in [-0.3, -0.25) is 14.4 Å². The zero-order valence-corrected chi connectivity index (χ0v) is 15.5. The number of nitrogens with zero attached hydrogens (tertiary/aromatic N) is 2. The first-order valence-corrected chi connectivity index (χ1v) is 10.2. The molecule has 1 aromatic carbocycles. The Morgan fingerprint density at radius 3 is 2.77 bits per heavy atom. The third kappa shape index (κ3) is 2.98. The lowest BCUT2D eigenvalue weighted by Crippen LogP contribution is -2.45. The highest BCUT2D eigenvalue weighted by molar-refractivity contribution is 7.99. The summed E-state index contributed by atoms with van der Waals surface area (Å²) in [4.78, 5) is 40.5. The van der Waals surface area contributed by atoms with Crippen molar-refractivity contribution in [3.05, 3.63) is 29.8 Å². The molecular formula is C19H23N3O3S. The second-order valence-corrected chi connectivity index (χ2v) is 8.51. The Hall–Kier alpha value is -2.02. The smallest absolute Gasteiger partial charge is 0.240 e. The van der Waals surface area contributed by atoms with Gasteiger partial charge in [-0.15, -0.1) is 0 Å². The topological polar surface area (TPSA) is 83.7 Å². The number of hydrogen-bond acceptors (Lipinski definition) is 4. The van der Waals surface area contributed by atoms with Crippen LogP contribution in [-0.2, 0) is 19.8 Å². The minimum atomic E-state index is -0.733. The molecule has 0 bridgehead atoms. The van der Waals surface area contributed by atoms with E-state index in [2.05, 4.69) is 0 Å². The molecule has 1 saturated heterocycles. The maximum Gasteiger partial charge on any atom is 0.240 e. The Kier molecular flexibility index (Phi) is 4.42. The van der Waals surface area contributed by atoms with E-state index in [1.807, 2.05) is 29.2 Å². The van der Waals surface area contributed by atoms with Crippen LogP contribution in [0.3, 0.4) is 0 Å². The van der Waals surface area contributed by atoms with E-state index in [-0.39, 0.29) is 18.4 Å². The monoisotopic (exact) mass is 373 g/mol. The van der Waals surface area contributed by atoms with Gasteiger partial charge in [-0.2, -0.15) is 11.8 Å². The van der Waals surface area contributed by atoms with Gasteiger partial charge in [0.25, 0.3) is 0 Å². The summed E-state index contributed by atoms with van der Waals surface area (Å²) in [5, 5.41) is 0. The van der Waals surface area contributed by atoms with Gasteiger partial charge >= 0.3 is 0 Å². The van der Waals surface area contributed by atoms with Gasteiger partial charge in [-0.1, -0.05) is 18.2 Å². The molecule has 1 spiro atoms. The molecule has 3 amide bonds. The number of thioether (sulfide) groups is 1. The minimum absolute atomic E-state index is 0.103. The Balaban J connectivity index is 1.51. The summed E-state index contributed by atoms with van der Waals surface area (Å²) in [7, 11) is 0. The van der Waals surface area contributed by atoms with Gasteiger partial charge in [0.15, 0.2) is 0 Å². The van der Waals surface area contributed by atoms with E-state index >= 15 is 0 Å². The number of anilines is 1. The van der Waals surface area contributed by atoms with Crippen molar-refractivity contribution in [3.63, 3.8) is 0 Å². The molecule has 2 N–H and O–H groups in total. The van der Waals surface area contributed by atoms with Crippen LogP contribution in [0.5, 0.6) is 0 Å². The molecule has 3 aliphatic rings. The molecule has 1 aromatic rings. The Morgan fingerprint density at radius 2 is 2.04 bits per heavy atom. The largest absolute Gasteiger partial charge is 0.368 e. The van der Waals surface area contributed by atoms with E-state index in [1.165, 1.54) is 17.7 Å². The Morgan fingerprint density at radius 1 is 1.27 bits per heavy atom. The summed E-state index contributed by atoms with van der Waals surface area (Å²) < 4.78 is 0. The first-order valence-electron chi connectivity index (χ1n) is 9.06. The lowest BCUT2D eigenvalue weighted by atomic mass is 9.81. The number of benzene rings is 1. The van der Waals surface area contributed by atoms with E-state index in [0.29, 0.717) is 25.3 Å².